The molecule has 1 fully saturated rings. The smallest absolute Gasteiger partial charge is 0.378 e. The lowest BCUT2D eigenvalue weighted by Crippen LogP contribution is -2.35. The van der Waals surface area contributed by atoms with Crippen LogP contribution in [0.5, 0.6) is 0 Å². The molecular formula is C10H13N3OS. The largest absolute Gasteiger partial charge is 0.549 e. The Hall–Kier alpha value is -1.17. The van der Waals surface area contributed by atoms with Crippen molar-refractivity contribution in [1.82, 2.24) is 4.90 Å². The second kappa shape index (κ2) is 6.34. The Bertz CT molecular complexity index is 305. The van der Waals surface area contributed by atoms with Crippen molar-refractivity contribution in [1.29, 1.82) is 0 Å². The van der Waals surface area contributed by atoms with Gasteiger partial charge in [0.25, 0.3) is 0 Å². The van der Waals surface area contributed by atoms with Crippen LogP contribution in [0.1, 0.15) is 6.92 Å². The SMILES string of the molecule is [C-]#[N+]C([N+]#[C-])=C(SCC)N1CCOCC1. The van der Waals surface area contributed by atoms with E-state index in [0.29, 0.717) is 13.2 Å². The van der Waals surface area contributed by atoms with E-state index in [9.17, 15) is 0 Å². The Morgan fingerprint density at radius 1 is 1.33 bits per heavy atom. The van der Waals surface area contributed by atoms with Crippen LogP contribution in [0.2, 0.25) is 0 Å². The molecule has 1 rings (SSSR count). The zero-order valence-electron chi connectivity index (χ0n) is 8.69. The van der Waals surface area contributed by atoms with Crippen LogP contribution in [0.15, 0.2) is 10.9 Å². The predicted molar refractivity (Wildman–Crippen MR) is 60.8 cm³/mol. The highest BCUT2D eigenvalue weighted by molar-refractivity contribution is 8.03. The second-order valence-electron chi connectivity index (χ2n) is 2.88. The molecule has 0 spiro atoms. The number of nitrogens with zero attached hydrogens (tertiary/aromatic N) is 3. The predicted octanol–water partition coefficient (Wildman–Crippen LogP) is 2.04. The van der Waals surface area contributed by atoms with E-state index in [4.69, 9.17) is 17.9 Å². The minimum atomic E-state index is 0.184. The maximum Gasteiger partial charge on any atom is 0.549 e. The Kier molecular flexibility index (Phi) is 5.03. The highest BCUT2D eigenvalue weighted by Gasteiger charge is 2.22. The third-order valence-corrected chi connectivity index (χ3v) is 2.99. The van der Waals surface area contributed by atoms with Gasteiger partial charge in [0, 0.05) is 13.1 Å². The molecule has 5 heteroatoms. The number of morpholine rings is 1. The molecule has 4 nitrogen and oxygen atoms in total. The molecule has 1 aliphatic rings. The zero-order valence-corrected chi connectivity index (χ0v) is 9.51. The minimum absolute atomic E-state index is 0.184. The summed E-state index contributed by atoms with van der Waals surface area (Å²) < 4.78 is 5.25. The number of hydrogen-bond acceptors (Lipinski definition) is 3. The van der Waals surface area contributed by atoms with Crippen LogP contribution in [0.4, 0.5) is 0 Å². The van der Waals surface area contributed by atoms with Gasteiger partial charge in [-0.15, -0.1) is 11.8 Å². The summed E-state index contributed by atoms with van der Waals surface area (Å²) in [5.41, 5.74) is 0. The first kappa shape index (κ1) is 11.9. The molecule has 80 valence electrons. The fraction of sp³-hybridized carbons (Fsp3) is 0.600. The monoisotopic (exact) mass is 223 g/mol. The van der Waals surface area contributed by atoms with E-state index in [0.717, 1.165) is 23.9 Å². The molecule has 1 heterocycles. The normalized spacial score (nSPS) is 15.3. The van der Waals surface area contributed by atoms with Gasteiger partial charge in [0.2, 0.25) is 0 Å². The molecule has 0 unspecified atom stereocenters. The summed E-state index contributed by atoms with van der Waals surface area (Å²) in [5.74, 6) is 1.06. The number of rotatable bonds is 3. The van der Waals surface area contributed by atoms with E-state index in [1.165, 1.54) is 0 Å². The van der Waals surface area contributed by atoms with Gasteiger partial charge in [0.05, 0.1) is 13.2 Å². The first-order chi connectivity index (χ1) is 7.33. The summed E-state index contributed by atoms with van der Waals surface area (Å²) in [6.45, 7) is 18.9. The van der Waals surface area contributed by atoms with Crippen LogP contribution in [0.3, 0.4) is 0 Å². The molecule has 15 heavy (non-hydrogen) atoms. The van der Waals surface area contributed by atoms with Gasteiger partial charge in [-0.05, 0) is 5.75 Å². The van der Waals surface area contributed by atoms with Crippen LogP contribution >= 0.6 is 11.8 Å². The molecule has 0 radical (unpaired) electrons. The summed E-state index contributed by atoms with van der Waals surface area (Å²) in [7, 11) is 0. The summed E-state index contributed by atoms with van der Waals surface area (Å²) in [5, 5.41) is 0.811. The quantitative estimate of drug-likeness (QED) is 0.683. The molecule has 1 aliphatic heterocycles. The van der Waals surface area contributed by atoms with E-state index in [2.05, 4.69) is 14.6 Å². The summed E-state index contributed by atoms with van der Waals surface area (Å²) >= 11 is 1.56. The molecule has 0 N–H and O–H groups in total. The maximum atomic E-state index is 6.97. The Balaban J connectivity index is 2.86. The van der Waals surface area contributed by atoms with Gasteiger partial charge in [-0.25, -0.2) is 0 Å². The lowest BCUT2D eigenvalue weighted by atomic mass is 10.4. The highest BCUT2D eigenvalue weighted by atomic mass is 32.2. The first-order valence-corrected chi connectivity index (χ1v) is 5.76. The number of thioether (sulfide) groups is 1. The van der Waals surface area contributed by atoms with E-state index in [1.807, 2.05) is 6.92 Å². The van der Waals surface area contributed by atoms with Gasteiger partial charge >= 0.3 is 5.82 Å². The zero-order chi connectivity index (χ0) is 11.1. The van der Waals surface area contributed by atoms with Crippen molar-refractivity contribution >= 4 is 11.8 Å². The van der Waals surface area contributed by atoms with Crippen molar-refractivity contribution in [2.45, 2.75) is 6.92 Å². The maximum absolute atomic E-state index is 6.97. The Morgan fingerprint density at radius 2 is 1.93 bits per heavy atom. The van der Waals surface area contributed by atoms with E-state index in [-0.39, 0.29) is 5.82 Å². The third kappa shape index (κ3) is 3.16. The average molecular weight is 223 g/mol. The van der Waals surface area contributed by atoms with E-state index >= 15 is 0 Å². The van der Waals surface area contributed by atoms with Gasteiger partial charge < -0.3 is 9.64 Å². The molecule has 0 bridgehead atoms. The van der Waals surface area contributed by atoms with Crippen LogP contribution < -0.4 is 0 Å². The van der Waals surface area contributed by atoms with Crippen LogP contribution in [-0.2, 0) is 4.74 Å². The Labute approximate surface area is 94.5 Å². The van der Waals surface area contributed by atoms with Crippen LogP contribution in [0, 0.1) is 13.1 Å². The molecule has 0 amide bonds. The highest BCUT2D eigenvalue weighted by Crippen LogP contribution is 2.26. The topological polar surface area (TPSA) is 21.2 Å². The van der Waals surface area contributed by atoms with Gasteiger partial charge in [-0.3, -0.25) is 0 Å². The van der Waals surface area contributed by atoms with E-state index in [1.54, 1.807) is 11.8 Å². The molecular weight excluding hydrogens is 210 g/mol. The molecule has 0 aliphatic carbocycles. The fourth-order valence-electron chi connectivity index (χ4n) is 1.32. The van der Waals surface area contributed by atoms with E-state index < -0.39 is 0 Å². The molecule has 0 atom stereocenters. The van der Waals surface area contributed by atoms with Crippen molar-refractivity contribution < 1.29 is 4.74 Å². The number of ether oxygens (including phenoxy) is 1. The molecule has 0 saturated carbocycles. The standard InChI is InChI=1S/C10H13N3OS/c1-4-15-10(9(11-2)12-3)13-5-7-14-8-6-13/h4-8H2,1H3. The van der Waals surface area contributed by atoms with Crippen LogP contribution in [0.25, 0.3) is 9.69 Å². The van der Waals surface area contributed by atoms with Crippen molar-refractivity contribution in [3.8, 4) is 0 Å². The van der Waals surface area contributed by atoms with Crippen LogP contribution in [-0.4, -0.2) is 37.0 Å². The Morgan fingerprint density at radius 3 is 2.40 bits per heavy atom. The minimum Gasteiger partial charge on any atom is -0.378 e. The molecule has 0 aromatic carbocycles. The summed E-state index contributed by atoms with van der Waals surface area (Å²) in [6, 6.07) is 0. The second-order valence-corrected chi connectivity index (χ2v) is 4.14. The van der Waals surface area contributed by atoms with Crippen molar-refractivity contribution in [3.63, 3.8) is 0 Å². The van der Waals surface area contributed by atoms with Gasteiger partial charge in [-0.1, -0.05) is 6.92 Å². The lowest BCUT2D eigenvalue weighted by Gasteiger charge is -2.28. The lowest BCUT2D eigenvalue weighted by molar-refractivity contribution is 0.0574. The molecule has 0 aromatic rings. The van der Waals surface area contributed by atoms with Gasteiger partial charge in [0.1, 0.15) is 13.1 Å². The number of hydrogen-bond donors (Lipinski definition) is 0. The van der Waals surface area contributed by atoms with Crippen molar-refractivity contribution in [2.75, 3.05) is 32.1 Å². The fourth-order valence-corrected chi connectivity index (χ4v) is 2.18. The average Bonchev–Trinajstić information content (AvgIpc) is 2.30. The van der Waals surface area contributed by atoms with Gasteiger partial charge in [0.15, 0.2) is 5.03 Å². The molecule has 1 saturated heterocycles. The van der Waals surface area contributed by atoms with Gasteiger partial charge in [-0.2, -0.15) is 9.69 Å². The first-order valence-electron chi connectivity index (χ1n) is 4.78. The van der Waals surface area contributed by atoms with Crippen molar-refractivity contribution in [2.24, 2.45) is 0 Å². The summed E-state index contributed by atoms with van der Waals surface area (Å²) in [6.07, 6.45) is 0. The summed E-state index contributed by atoms with van der Waals surface area (Å²) in [4.78, 5) is 8.62. The molecule has 0 aromatic heterocycles. The third-order valence-electron chi connectivity index (χ3n) is 1.98. The van der Waals surface area contributed by atoms with Crippen molar-refractivity contribution in [3.05, 3.63) is 33.7 Å².